The van der Waals surface area contributed by atoms with Crippen molar-refractivity contribution in [2.24, 2.45) is 5.92 Å². The molecule has 78 valence electrons. The van der Waals surface area contributed by atoms with E-state index in [2.05, 4.69) is 29.1 Å². The van der Waals surface area contributed by atoms with E-state index in [0.717, 1.165) is 19.0 Å². The normalized spacial score (nSPS) is 25.3. The van der Waals surface area contributed by atoms with Gasteiger partial charge in [0.2, 0.25) is 0 Å². The maximum atomic E-state index is 4.41. The number of rotatable bonds is 5. The third-order valence-electron chi connectivity index (χ3n) is 2.85. The minimum atomic E-state index is 0.704. The number of nitrogens with zero attached hydrogens (tertiary/aromatic N) is 1. The summed E-state index contributed by atoms with van der Waals surface area (Å²) in [5.74, 6) is 2.72. The molecule has 2 atom stereocenters. The Morgan fingerprint density at radius 3 is 3.07 bits per heavy atom. The van der Waals surface area contributed by atoms with Crippen LogP contribution in [0.5, 0.6) is 0 Å². The van der Waals surface area contributed by atoms with Crippen molar-refractivity contribution in [2.45, 2.75) is 39.2 Å². The predicted molar refractivity (Wildman–Crippen MR) is 57.1 cm³/mol. The van der Waals surface area contributed by atoms with Crippen molar-refractivity contribution in [1.29, 1.82) is 0 Å². The lowest BCUT2D eigenvalue weighted by molar-refractivity contribution is 0.665. The minimum Gasteiger partial charge on any atom is -0.345 e. The molecule has 1 heterocycles. The molecule has 1 aliphatic carbocycles. The zero-order chi connectivity index (χ0) is 9.97. The van der Waals surface area contributed by atoms with Crippen LogP contribution in [0.1, 0.15) is 44.1 Å². The SMILES string of the molecule is CCCNCc1cnc(C2CC2C)[nH]1. The van der Waals surface area contributed by atoms with Crippen molar-refractivity contribution < 1.29 is 0 Å². The van der Waals surface area contributed by atoms with Crippen LogP contribution in [-0.2, 0) is 6.54 Å². The van der Waals surface area contributed by atoms with Crippen LogP contribution in [0.25, 0.3) is 0 Å². The van der Waals surface area contributed by atoms with Crippen LogP contribution in [0.3, 0.4) is 0 Å². The molecule has 0 radical (unpaired) electrons. The van der Waals surface area contributed by atoms with Gasteiger partial charge < -0.3 is 10.3 Å². The summed E-state index contributed by atoms with van der Waals surface area (Å²) in [7, 11) is 0. The molecule has 3 heteroatoms. The van der Waals surface area contributed by atoms with Crippen LogP contribution in [0.15, 0.2) is 6.20 Å². The van der Waals surface area contributed by atoms with E-state index in [1.54, 1.807) is 0 Å². The molecular weight excluding hydrogens is 174 g/mol. The summed E-state index contributed by atoms with van der Waals surface area (Å²) in [6.45, 7) is 6.45. The van der Waals surface area contributed by atoms with E-state index < -0.39 is 0 Å². The van der Waals surface area contributed by atoms with Crippen LogP contribution in [0, 0.1) is 5.92 Å². The second-order valence-corrected chi connectivity index (χ2v) is 4.29. The van der Waals surface area contributed by atoms with E-state index in [-0.39, 0.29) is 0 Å². The van der Waals surface area contributed by atoms with Gasteiger partial charge in [0, 0.05) is 24.4 Å². The molecule has 2 rings (SSSR count). The third-order valence-corrected chi connectivity index (χ3v) is 2.85. The molecule has 0 spiro atoms. The van der Waals surface area contributed by atoms with Crippen molar-refractivity contribution in [3.8, 4) is 0 Å². The highest BCUT2D eigenvalue weighted by molar-refractivity contribution is 5.12. The van der Waals surface area contributed by atoms with Crippen molar-refractivity contribution in [1.82, 2.24) is 15.3 Å². The van der Waals surface area contributed by atoms with Gasteiger partial charge in [0.1, 0.15) is 5.82 Å². The number of H-pyrrole nitrogens is 1. The highest BCUT2D eigenvalue weighted by Gasteiger charge is 2.36. The number of hydrogen-bond donors (Lipinski definition) is 2. The lowest BCUT2D eigenvalue weighted by atomic mass is 10.3. The van der Waals surface area contributed by atoms with Crippen LogP contribution in [0.2, 0.25) is 0 Å². The van der Waals surface area contributed by atoms with E-state index in [4.69, 9.17) is 0 Å². The second kappa shape index (κ2) is 4.13. The van der Waals surface area contributed by atoms with Crippen molar-refractivity contribution in [3.63, 3.8) is 0 Å². The Labute approximate surface area is 85.3 Å². The lowest BCUT2D eigenvalue weighted by Crippen LogP contribution is -2.13. The van der Waals surface area contributed by atoms with Gasteiger partial charge in [0.25, 0.3) is 0 Å². The summed E-state index contributed by atoms with van der Waals surface area (Å²) in [6.07, 6.45) is 4.44. The molecule has 0 bridgehead atoms. The number of aromatic amines is 1. The summed E-state index contributed by atoms with van der Waals surface area (Å²) in [5, 5.41) is 3.36. The van der Waals surface area contributed by atoms with Gasteiger partial charge in [-0.1, -0.05) is 13.8 Å². The first-order valence-electron chi connectivity index (χ1n) is 5.55. The molecule has 1 aliphatic rings. The summed E-state index contributed by atoms with van der Waals surface area (Å²) < 4.78 is 0. The molecule has 3 nitrogen and oxygen atoms in total. The zero-order valence-electron chi connectivity index (χ0n) is 9.01. The number of aromatic nitrogens is 2. The molecule has 0 aromatic carbocycles. The fraction of sp³-hybridized carbons (Fsp3) is 0.727. The fourth-order valence-electron chi connectivity index (χ4n) is 1.76. The molecule has 0 aliphatic heterocycles. The maximum absolute atomic E-state index is 4.41. The van der Waals surface area contributed by atoms with Crippen molar-refractivity contribution in [2.75, 3.05) is 6.54 Å². The Morgan fingerprint density at radius 1 is 1.64 bits per heavy atom. The van der Waals surface area contributed by atoms with E-state index in [0.29, 0.717) is 5.92 Å². The van der Waals surface area contributed by atoms with Gasteiger partial charge in [0.05, 0.1) is 0 Å². The Bertz CT molecular complexity index is 292. The molecular formula is C11H19N3. The summed E-state index contributed by atoms with van der Waals surface area (Å²) in [6, 6.07) is 0. The minimum absolute atomic E-state index is 0.704. The number of nitrogens with one attached hydrogen (secondary N) is 2. The van der Waals surface area contributed by atoms with Gasteiger partial charge in [-0.15, -0.1) is 0 Å². The molecule has 14 heavy (non-hydrogen) atoms. The average Bonchev–Trinajstić information content (AvgIpc) is 2.74. The van der Waals surface area contributed by atoms with Gasteiger partial charge in [-0.25, -0.2) is 4.98 Å². The fourth-order valence-corrected chi connectivity index (χ4v) is 1.76. The van der Waals surface area contributed by atoms with Gasteiger partial charge in [-0.05, 0) is 25.3 Å². The standard InChI is InChI=1S/C11H19N3/c1-3-4-12-6-9-7-13-11(14-9)10-5-8(10)2/h7-8,10,12H,3-6H2,1-2H3,(H,13,14). The smallest absolute Gasteiger partial charge is 0.109 e. The molecule has 1 aromatic rings. The molecule has 1 aromatic heterocycles. The second-order valence-electron chi connectivity index (χ2n) is 4.29. The van der Waals surface area contributed by atoms with E-state index in [1.165, 1.54) is 24.4 Å². The monoisotopic (exact) mass is 193 g/mol. The topological polar surface area (TPSA) is 40.7 Å². The van der Waals surface area contributed by atoms with Gasteiger partial charge in [-0.3, -0.25) is 0 Å². The predicted octanol–water partition coefficient (Wildman–Crippen LogP) is 2.03. The molecule has 1 saturated carbocycles. The number of imidazole rings is 1. The zero-order valence-corrected chi connectivity index (χ0v) is 9.01. The highest BCUT2D eigenvalue weighted by atomic mass is 15.0. The maximum Gasteiger partial charge on any atom is 0.109 e. The molecule has 1 fully saturated rings. The average molecular weight is 193 g/mol. The van der Waals surface area contributed by atoms with E-state index in [1.807, 2.05) is 6.20 Å². The van der Waals surface area contributed by atoms with Gasteiger partial charge >= 0.3 is 0 Å². The highest BCUT2D eigenvalue weighted by Crippen LogP contribution is 2.45. The van der Waals surface area contributed by atoms with Crippen molar-refractivity contribution >= 4 is 0 Å². The first-order valence-corrected chi connectivity index (χ1v) is 5.55. The summed E-state index contributed by atoms with van der Waals surface area (Å²) in [5.41, 5.74) is 1.22. The lowest BCUT2D eigenvalue weighted by Gasteiger charge is -1.98. The van der Waals surface area contributed by atoms with Gasteiger partial charge in [-0.2, -0.15) is 0 Å². The van der Waals surface area contributed by atoms with Crippen LogP contribution >= 0.6 is 0 Å². The largest absolute Gasteiger partial charge is 0.345 e. The van der Waals surface area contributed by atoms with Crippen LogP contribution < -0.4 is 5.32 Å². The van der Waals surface area contributed by atoms with Crippen LogP contribution in [0.4, 0.5) is 0 Å². The molecule has 2 N–H and O–H groups in total. The first-order chi connectivity index (χ1) is 6.81. The van der Waals surface area contributed by atoms with Crippen molar-refractivity contribution in [3.05, 3.63) is 17.7 Å². The van der Waals surface area contributed by atoms with Gasteiger partial charge in [0.15, 0.2) is 0 Å². The van der Waals surface area contributed by atoms with E-state index >= 15 is 0 Å². The summed E-state index contributed by atoms with van der Waals surface area (Å²) >= 11 is 0. The summed E-state index contributed by atoms with van der Waals surface area (Å²) in [4.78, 5) is 7.80. The van der Waals surface area contributed by atoms with Crippen LogP contribution in [-0.4, -0.2) is 16.5 Å². The molecule has 2 unspecified atom stereocenters. The third kappa shape index (κ3) is 2.15. The molecule has 0 amide bonds. The molecule has 0 saturated heterocycles. The van der Waals surface area contributed by atoms with E-state index in [9.17, 15) is 0 Å². The Morgan fingerprint density at radius 2 is 2.43 bits per heavy atom. The quantitative estimate of drug-likeness (QED) is 0.702. The Kier molecular flexibility index (Phi) is 2.87. The first kappa shape index (κ1) is 9.71. The Hall–Kier alpha value is -0.830. The number of hydrogen-bond acceptors (Lipinski definition) is 2. The Balaban J connectivity index is 1.84.